The van der Waals surface area contributed by atoms with Crippen molar-refractivity contribution in [2.45, 2.75) is 104 Å². The molecule has 0 amide bonds. The molecular formula is C34H48O7. The van der Waals surface area contributed by atoms with Gasteiger partial charge in [-0.3, -0.25) is 4.79 Å². The third-order valence-electron chi connectivity index (χ3n) is 7.80. The molecule has 1 unspecified atom stereocenters. The number of rotatable bonds is 13. The number of Topliss-reactive ketones (excluding diaryl/α,β-unsaturated/α-hetero) is 1. The summed E-state index contributed by atoms with van der Waals surface area (Å²) >= 11 is 0. The van der Waals surface area contributed by atoms with E-state index in [2.05, 4.69) is 13.0 Å². The Labute approximate surface area is 245 Å². The largest absolute Gasteiger partial charge is 0.496 e. The minimum Gasteiger partial charge on any atom is -0.496 e. The van der Waals surface area contributed by atoms with Crippen molar-refractivity contribution in [3.8, 4) is 23.0 Å². The number of hydrogen-bond acceptors (Lipinski definition) is 7. The zero-order chi connectivity index (χ0) is 30.5. The van der Waals surface area contributed by atoms with Crippen LogP contribution in [0.4, 0.5) is 0 Å². The molecule has 1 aliphatic rings. The molecule has 41 heavy (non-hydrogen) atoms. The standard InChI is InChI=1S/C34H48O7/c1-21(11-10-17-33(3,4)36)12-13-23-22(2)27(38-7)15-14-24(23)29-19-26(35)31-30(41-29)20-28(39-8)25(32(31)40-9)16-18-34(5,6)37/h12,14-15,20,29,36-37H,10-11,13,16-19H2,1-9H3/b21-12+. The van der Waals surface area contributed by atoms with Gasteiger partial charge in [0.1, 0.15) is 34.7 Å². The van der Waals surface area contributed by atoms with Gasteiger partial charge in [0, 0.05) is 11.6 Å². The first-order valence-electron chi connectivity index (χ1n) is 14.4. The summed E-state index contributed by atoms with van der Waals surface area (Å²) in [5.74, 6) is 2.18. The number of hydrogen-bond donors (Lipinski definition) is 2. The van der Waals surface area contributed by atoms with Gasteiger partial charge in [0.2, 0.25) is 0 Å². The van der Waals surface area contributed by atoms with Crippen molar-refractivity contribution in [3.63, 3.8) is 0 Å². The molecule has 1 aliphatic heterocycles. The Balaban J connectivity index is 1.97. The predicted octanol–water partition coefficient (Wildman–Crippen LogP) is 6.86. The Bertz CT molecular complexity index is 1260. The maximum atomic E-state index is 13.7. The van der Waals surface area contributed by atoms with Crippen LogP contribution in [0, 0.1) is 6.92 Å². The van der Waals surface area contributed by atoms with Crippen LogP contribution < -0.4 is 18.9 Å². The van der Waals surface area contributed by atoms with E-state index in [0.717, 1.165) is 47.3 Å². The molecule has 7 nitrogen and oxygen atoms in total. The minimum atomic E-state index is -0.873. The van der Waals surface area contributed by atoms with E-state index < -0.39 is 17.3 Å². The first-order chi connectivity index (χ1) is 19.2. The topological polar surface area (TPSA) is 94.5 Å². The third kappa shape index (κ3) is 8.26. The molecule has 0 aliphatic carbocycles. The summed E-state index contributed by atoms with van der Waals surface area (Å²) in [6, 6.07) is 5.69. The highest BCUT2D eigenvalue weighted by molar-refractivity contribution is 6.03. The molecular weight excluding hydrogens is 520 g/mol. The van der Waals surface area contributed by atoms with Crippen LogP contribution in [-0.4, -0.2) is 48.5 Å². The van der Waals surface area contributed by atoms with Gasteiger partial charge in [-0.05, 0) is 103 Å². The van der Waals surface area contributed by atoms with E-state index in [0.29, 0.717) is 42.1 Å². The second-order valence-corrected chi connectivity index (χ2v) is 12.4. The summed E-state index contributed by atoms with van der Waals surface area (Å²) in [4.78, 5) is 13.7. The molecule has 0 spiro atoms. The number of methoxy groups -OCH3 is 3. The summed E-state index contributed by atoms with van der Waals surface area (Å²) in [6.07, 6.45) is 6.12. The Kier molecular flexibility index (Phi) is 10.5. The molecule has 7 heteroatoms. The molecule has 0 aromatic heterocycles. The normalized spacial score (nSPS) is 15.8. The SMILES string of the molecule is COc1ccc(C2CC(=O)c3c(cc(OC)c(CCC(C)(C)O)c3OC)O2)c(C/C=C(\C)CCCC(C)(C)O)c1C. The van der Waals surface area contributed by atoms with Crippen LogP contribution in [0.5, 0.6) is 23.0 Å². The van der Waals surface area contributed by atoms with Crippen molar-refractivity contribution in [2.75, 3.05) is 21.3 Å². The highest BCUT2D eigenvalue weighted by Gasteiger charge is 2.35. The highest BCUT2D eigenvalue weighted by Crippen LogP contribution is 2.47. The van der Waals surface area contributed by atoms with Crippen molar-refractivity contribution in [2.24, 2.45) is 0 Å². The zero-order valence-electron chi connectivity index (χ0n) is 26.3. The number of fused-ring (bicyclic) bond motifs is 1. The average Bonchev–Trinajstić information content (AvgIpc) is 2.88. The molecule has 0 bridgehead atoms. The maximum absolute atomic E-state index is 13.7. The summed E-state index contributed by atoms with van der Waals surface area (Å²) < 4.78 is 23.6. The van der Waals surface area contributed by atoms with Crippen LogP contribution in [0.2, 0.25) is 0 Å². The lowest BCUT2D eigenvalue weighted by atomic mass is 9.87. The van der Waals surface area contributed by atoms with Crippen LogP contribution in [0.3, 0.4) is 0 Å². The molecule has 0 fully saturated rings. The molecule has 1 atom stereocenters. The first-order valence-corrected chi connectivity index (χ1v) is 14.4. The van der Waals surface area contributed by atoms with Crippen LogP contribution in [0.25, 0.3) is 0 Å². The number of ketones is 1. The molecule has 226 valence electrons. The highest BCUT2D eigenvalue weighted by atomic mass is 16.5. The number of carbonyl (C=O) groups excluding carboxylic acids is 1. The first kappa shape index (κ1) is 32.5. The second kappa shape index (κ2) is 13.3. The van der Waals surface area contributed by atoms with Gasteiger partial charge in [0.25, 0.3) is 0 Å². The molecule has 0 saturated carbocycles. The van der Waals surface area contributed by atoms with Gasteiger partial charge in [0.15, 0.2) is 5.78 Å². The number of benzene rings is 2. The van der Waals surface area contributed by atoms with Crippen LogP contribution in [0.1, 0.15) is 105 Å². The van der Waals surface area contributed by atoms with E-state index in [4.69, 9.17) is 18.9 Å². The Morgan fingerprint density at radius 1 is 1.00 bits per heavy atom. The van der Waals surface area contributed by atoms with E-state index in [9.17, 15) is 15.0 Å². The van der Waals surface area contributed by atoms with Gasteiger partial charge in [-0.25, -0.2) is 0 Å². The monoisotopic (exact) mass is 568 g/mol. The summed E-state index contributed by atoms with van der Waals surface area (Å²) in [5.41, 5.74) is 3.93. The van der Waals surface area contributed by atoms with Gasteiger partial charge in [-0.15, -0.1) is 0 Å². The fourth-order valence-corrected chi connectivity index (χ4v) is 5.45. The van der Waals surface area contributed by atoms with E-state index in [1.165, 1.54) is 5.57 Å². The van der Waals surface area contributed by atoms with E-state index in [-0.39, 0.29) is 12.2 Å². The summed E-state index contributed by atoms with van der Waals surface area (Å²) in [7, 11) is 4.79. The maximum Gasteiger partial charge on any atom is 0.174 e. The van der Waals surface area contributed by atoms with Crippen molar-refractivity contribution in [3.05, 3.63) is 57.7 Å². The fraction of sp³-hybridized carbons (Fsp3) is 0.559. The fourth-order valence-electron chi connectivity index (χ4n) is 5.45. The van der Waals surface area contributed by atoms with Crippen LogP contribution in [-0.2, 0) is 12.8 Å². The number of carbonyl (C=O) groups is 1. The van der Waals surface area contributed by atoms with Crippen molar-refractivity contribution < 1.29 is 34.0 Å². The van der Waals surface area contributed by atoms with Crippen molar-refractivity contribution in [1.82, 2.24) is 0 Å². The van der Waals surface area contributed by atoms with Crippen LogP contribution in [0.15, 0.2) is 29.8 Å². The molecule has 0 saturated heterocycles. The van der Waals surface area contributed by atoms with Gasteiger partial charge >= 0.3 is 0 Å². The lowest BCUT2D eigenvalue weighted by molar-refractivity contribution is 0.0687. The Hall–Kier alpha value is -3.03. The van der Waals surface area contributed by atoms with E-state index in [1.54, 1.807) is 41.2 Å². The summed E-state index contributed by atoms with van der Waals surface area (Å²) in [5, 5.41) is 20.3. The average molecular weight is 569 g/mol. The van der Waals surface area contributed by atoms with Gasteiger partial charge < -0.3 is 29.2 Å². The molecule has 0 radical (unpaired) electrons. The summed E-state index contributed by atoms with van der Waals surface area (Å²) in [6.45, 7) is 11.3. The van der Waals surface area contributed by atoms with Crippen molar-refractivity contribution in [1.29, 1.82) is 0 Å². The predicted molar refractivity (Wildman–Crippen MR) is 162 cm³/mol. The van der Waals surface area contributed by atoms with Crippen molar-refractivity contribution >= 4 is 5.78 Å². The minimum absolute atomic E-state index is 0.0574. The van der Waals surface area contributed by atoms with Crippen LogP contribution >= 0.6 is 0 Å². The third-order valence-corrected chi connectivity index (χ3v) is 7.80. The quantitative estimate of drug-likeness (QED) is 0.255. The Morgan fingerprint density at radius 3 is 2.24 bits per heavy atom. The van der Waals surface area contributed by atoms with Gasteiger partial charge in [0.05, 0.1) is 39.0 Å². The number of allylic oxidation sites excluding steroid dienone is 2. The molecule has 1 heterocycles. The zero-order valence-corrected chi connectivity index (χ0v) is 26.3. The lowest BCUT2D eigenvalue weighted by Gasteiger charge is -2.30. The van der Waals surface area contributed by atoms with Gasteiger partial charge in [-0.1, -0.05) is 17.7 Å². The molecule has 2 N–H and O–H groups in total. The van der Waals surface area contributed by atoms with E-state index >= 15 is 0 Å². The van der Waals surface area contributed by atoms with E-state index in [1.807, 2.05) is 32.9 Å². The number of ether oxygens (including phenoxy) is 4. The second-order valence-electron chi connectivity index (χ2n) is 12.4. The molecule has 3 rings (SSSR count). The Morgan fingerprint density at radius 2 is 1.66 bits per heavy atom. The van der Waals surface area contributed by atoms with Gasteiger partial charge in [-0.2, -0.15) is 0 Å². The lowest BCUT2D eigenvalue weighted by Crippen LogP contribution is -2.24. The molecule has 2 aromatic rings. The molecule has 2 aromatic carbocycles. The smallest absolute Gasteiger partial charge is 0.174 e. The number of aliphatic hydroxyl groups is 2.